The van der Waals surface area contributed by atoms with Gasteiger partial charge in [-0.25, -0.2) is 0 Å². The highest BCUT2D eigenvalue weighted by molar-refractivity contribution is 5.78. The zero-order valence-corrected chi connectivity index (χ0v) is 12.0. The minimum absolute atomic E-state index is 0.00237. The molecule has 0 aliphatic carbocycles. The largest absolute Gasteiger partial charge is 0.482 e. The van der Waals surface area contributed by atoms with Crippen LogP contribution in [0.5, 0.6) is 5.75 Å². The van der Waals surface area contributed by atoms with Gasteiger partial charge in [-0.3, -0.25) is 4.79 Å². The quantitative estimate of drug-likeness (QED) is 0.850. The van der Waals surface area contributed by atoms with Gasteiger partial charge in [-0.15, -0.1) is 0 Å². The molecular formula is C16H20N2O2. The van der Waals surface area contributed by atoms with Crippen LogP contribution in [0.3, 0.4) is 0 Å². The second-order valence-electron chi connectivity index (χ2n) is 5.33. The molecule has 1 aliphatic rings. The Morgan fingerprint density at radius 2 is 2.00 bits per heavy atom. The maximum absolute atomic E-state index is 12.3. The number of hydrogen-bond acceptors (Lipinski definition) is 3. The summed E-state index contributed by atoms with van der Waals surface area (Å²) < 4.78 is 5.53. The van der Waals surface area contributed by atoms with Crippen molar-refractivity contribution in [3.8, 4) is 11.8 Å². The van der Waals surface area contributed by atoms with Gasteiger partial charge < -0.3 is 9.64 Å². The molecule has 1 fully saturated rings. The number of benzene rings is 1. The van der Waals surface area contributed by atoms with Gasteiger partial charge in [0.15, 0.2) is 6.61 Å². The summed E-state index contributed by atoms with van der Waals surface area (Å²) in [5.41, 5.74) is 0.458. The summed E-state index contributed by atoms with van der Waals surface area (Å²) in [6.07, 6.45) is 3.26. The second-order valence-corrected chi connectivity index (χ2v) is 5.33. The highest BCUT2D eigenvalue weighted by Gasteiger charge is 2.29. The lowest BCUT2D eigenvalue weighted by Crippen LogP contribution is -2.49. The molecule has 1 aliphatic heterocycles. The molecule has 0 N–H and O–H groups in total. The molecule has 1 aromatic rings. The van der Waals surface area contributed by atoms with E-state index >= 15 is 0 Å². The average Bonchev–Trinajstić information content (AvgIpc) is 2.45. The van der Waals surface area contributed by atoms with Crippen molar-refractivity contribution in [1.29, 1.82) is 5.26 Å². The van der Waals surface area contributed by atoms with Crippen LogP contribution in [0.25, 0.3) is 0 Å². The first-order valence-electron chi connectivity index (χ1n) is 7.06. The van der Waals surface area contributed by atoms with E-state index in [-0.39, 0.29) is 24.6 Å². The fourth-order valence-corrected chi connectivity index (χ4v) is 2.81. The van der Waals surface area contributed by atoms with Crippen LogP contribution in [-0.2, 0) is 4.79 Å². The maximum atomic E-state index is 12.3. The topological polar surface area (TPSA) is 53.3 Å². The lowest BCUT2D eigenvalue weighted by atomic mass is 9.97. The highest BCUT2D eigenvalue weighted by atomic mass is 16.5. The van der Waals surface area contributed by atoms with Gasteiger partial charge in [0.1, 0.15) is 11.8 Å². The third-order valence-corrected chi connectivity index (χ3v) is 3.84. The van der Waals surface area contributed by atoms with E-state index in [1.165, 1.54) is 6.42 Å². The molecule has 2 rings (SSSR count). The Labute approximate surface area is 120 Å². The predicted molar refractivity (Wildman–Crippen MR) is 76.3 cm³/mol. The van der Waals surface area contributed by atoms with Crippen molar-refractivity contribution in [1.82, 2.24) is 4.90 Å². The van der Waals surface area contributed by atoms with Crippen molar-refractivity contribution in [2.24, 2.45) is 0 Å². The third kappa shape index (κ3) is 3.11. The van der Waals surface area contributed by atoms with Crippen LogP contribution in [0.4, 0.5) is 0 Å². The van der Waals surface area contributed by atoms with Gasteiger partial charge in [-0.2, -0.15) is 5.26 Å². The monoisotopic (exact) mass is 272 g/mol. The molecule has 0 bridgehead atoms. The van der Waals surface area contributed by atoms with Crippen LogP contribution >= 0.6 is 0 Å². The SMILES string of the molecule is CC1CCCC(C)N1C(=O)COc1ccccc1C#N. The van der Waals surface area contributed by atoms with Crippen molar-refractivity contribution in [3.05, 3.63) is 29.8 Å². The molecule has 0 saturated carbocycles. The van der Waals surface area contributed by atoms with Gasteiger partial charge in [-0.1, -0.05) is 12.1 Å². The number of ether oxygens (including phenoxy) is 1. The smallest absolute Gasteiger partial charge is 0.260 e. The molecule has 1 amide bonds. The van der Waals surface area contributed by atoms with Gasteiger partial charge in [0.25, 0.3) is 5.91 Å². The second kappa shape index (κ2) is 6.42. The van der Waals surface area contributed by atoms with Crippen molar-refractivity contribution in [3.63, 3.8) is 0 Å². The first-order valence-corrected chi connectivity index (χ1v) is 7.06. The van der Waals surface area contributed by atoms with E-state index < -0.39 is 0 Å². The van der Waals surface area contributed by atoms with Crippen molar-refractivity contribution in [2.75, 3.05) is 6.61 Å². The number of amides is 1. The van der Waals surface area contributed by atoms with Gasteiger partial charge in [0, 0.05) is 12.1 Å². The first kappa shape index (κ1) is 14.4. The van der Waals surface area contributed by atoms with E-state index in [9.17, 15) is 4.79 Å². The lowest BCUT2D eigenvalue weighted by molar-refractivity contribution is -0.139. The van der Waals surface area contributed by atoms with Crippen LogP contribution in [0, 0.1) is 11.3 Å². The summed E-state index contributed by atoms with van der Waals surface area (Å²) in [6.45, 7) is 4.15. The molecule has 0 radical (unpaired) electrons. The lowest BCUT2D eigenvalue weighted by Gasteiger charge is -2.39. The molecule has 1 saturated heterocycles. The number of likely N-dealkylation sites (tertiary alicyclic amines) is 1. The van der Waals surface area contributed by atoms with Crippen LogP contribution < -0.4 is 4.74 Å². The van der Waals surface area contributed by atoms with Crippen molar-refractivity contribution < 1.29 is 9.53 Å². The number of rotatable bonds is 3. The molecule has 2 atom stereocenters. The molecule has 4 heteroatoms. The average molecular weight is 272 g/mol. The number of carbonyl (C=O) groups excluding carboxylic acids is 1. The summed E-state index contributed by atoms with van der Waals surface area (Å²) in [5.74, 6) is 0.470. The first-order chi connectivity index (χ1) is 9.63. The Bertz CT molecular complexity index is 511. The minimum Gasteiger partial charge on any atom is -0.482 e. The van der Waals surface area contributed by atoms with Crippen LogP contribution in [0.2, 0.25) is 0 Å². The Morgan fingerprint density at radius 1 is 1.35 bits per heavy atom. The Balaban J connectivity index is 2.00. The van der Waals surface area contributed by atoms with Crippen LogP contribution in [0.15, 0.2) is 24.3 Å². The van der Waals surface area contributed by atoms with Crippen LogP contribution in [-0.4, -0.2) is 29.5 Å². The third-order valence-electron chi connectivity index (χ3n) is 3.84. The van der Waals surface area contributed by atoms with Gasteiger partial charge in [0.05, 0.1) is 5.56 Å². The molecular weight excluding hydrogens is 252 g/mol. The summed E-state index contributed by atoms with van der Waals surface area (Å²) >= 11 is 0. The molecule has 0 spiro atoms. The molecule has 1 heterocycles. The standard InChI is InChI=1S/C16H20N2O2/c1-12-6-5-7-13(2)18(12)16(19)11-20-15-9-4-3-8-14(15)10-17/h3-4,8-9,12-13H,5-7,11H2,1-2H3. The number of piperidine rings is 1. The van der Waals surface area contributed by atoms with E-state index in [0.717, 1.165) is 12.8 Å². The fraction of sp³-hybridized carbons (Fsp3) is 0.500. The van der Waals surface area contributed by atoms with Gasteiger partial charge in [0.2, 0.25) is 0 Å². The van der Waals surface area contributed by atoms with Crippen LogP contribution in [0.1, 0.15) is 38.7 Å². The summed E-state index contributed by atoms with van der Waals surface area (Å²) in [4.78, 5) is 14.2. The van der Waals surface area contributed by atoms with Crippen molar-refractivity contribution in [2.45, 2.75) is 45.2 Å². The van der Waals surface area contributed by atoms with E-state index in [0.29, 0.717) is 11.3 Å². The number of para-hydroxylation sites is 1. The summed E-state index contributed by atoms with van der Waals surface area (Å²) in [5, 5.41) is 8.99. The van der Waals surface area contributed by atoms with E-state index in [1.807, 2.05) is 4.90 Å². The number of nitriles is 1. The Kier molecular flexibility index (Phi) is 4.62. The molecule has 20 heavy (non-hydrogen) atoms. The maximum Gasteiger partial charge on any atom is 0.260 e. The zero-order valence-electron chi connectivity index (χ0n) is 12.0. The zero-order chi connectivity index (χ0) is 14.5. The fourth-order valence-electron chi connectivity index (χ4n) is 2.81. The summed E-state index contributed by atoms with van der Waals surface area (Å²) in [7, 11) is 0. The van der Waals surface area contributed by atoms with Crippen molar-refractivity contribution >= 4 is 5.91 Å². The molecule has 106 valence electrons. The number of nitrogens with zero attached hydrogens (tertiary/aromatic N) is 2. The molecule has 0 aromatic heterocycles. The molecule has 1 aromatic carbocycles. The van der Waals surface area contributed by atoms with Gasteiger partial charge >= 0.3 is 0 Å². The normalized spacial score (nSPS) is 22.1. The van der Waals surface area contributed by atoms with Gasteiger partial charge in [-0.05, 0) is 45.2 Å². The van der Waals surface area contributed by atoms with E-state index in [2.05, 4.69) is 19.9 Å². The molecule has 2 unspecified atom stereocenters. The minimum atomic E-state index is -0.00657. The van der Waals surface area contributed by atoms with E-state index in [4.69, 9.17) is 10.00 Å². The highest BCUT2D eigenvalue weighted by Crippen LogP contribution is 2.23. The Hall–Kier alpha value is -2.02. The predicted octanol–water partition coefficient (Wildman–Crippen LogP) is 2.73. The van der Waals surface area contributed by atoms with E-state index in [1.54, 1.807) is 24.3 Å². The number of hydrogen-bond donors (Lipinski definition) is 0. The molecule has 4 nitrogen and oxygen atoms in total. The number of carbonyl (C=O) groups is 1. The Morgan fingerprint density at radius 3 is 2.65 bits per heavy atom. The summed E-state index contributed by atoms with van der Waals surface area (Å²) in [6, 6.07) is 9.58.